The summed E-state index contributed by atoms with van der Waals surface area (Å²) in [6.45, 7) is 3.83. The number of halogens is 1. The van der Waals surface area contributed by atoms with Gasteiger partial charge in [-0.25, -0.2) is 4.39 Å². The second-order valence-corrected chi connectivity index (χ2v) is 11.4. The summed E-state index contributed by atoms with van der Waals surface area (Å²) in [5.74, 6) is -2.21. The second kappa shape index (κ2) is 9.25. The number of rotatable bonds is 4. The maximum Gasteiger partial charge on any atom is 0.242 e. The van der Waals surface area contributed by atoms with Gasteiger partial charge in [-0.2, -0.15) is 0 Å². The number of nitrogens with one attached hydrogen (secondary N) is 1. The third-order valence-corrected chi connectivity index (χ3v) is 8.95. The Labute approximate surface area is 219 Å². The van der Waals surface area contributed by atoms with Crippen molar-refractivity contribution in [1.82, 2.24) is 10.5 Å². The molecule has 4 heterocycles. The third kappa shape index (κ3) is 3.79. The van der Waals surface area contributed by atoms with Crippen LogP contribution in [-0.2, 0) is 25.5 Å². The van der Waals surface area contributed by atoms with Gasteiger partial charge in [-0.15, -0.1) is 0 Å². The number of ketones is 2. The van der Waals surface area contributed by atoms with Gasteiger partial charge in [0.1, 0.15) is 5.41 Å². The Morgan fingerprint density at radius 1 is 1.21 bits per heavy atom. The molecule has 38 heavy (non-hydrogen) atoms. The van der Waals surface area contributed by atoms with Crippen LogP contribution in [0.15, 0.2) is 10.6 Å². The van der Waals surface area contributed by atoms with Crippen LogP contribution in [0.4, 0.5) is 10.1 Å². The van der Waals surface area contributed by atoms with Crippen LogP contribution in [-0.4, -0.2) is 53.3 Å². The minimum Gasteiger partial charge on any atom is -0.372 e. The van der Waals surface area contributed by atoms with Gasteiger partial charge in [-0.1, -0.05) is 37.3 Å². The molecule has 2 amide bonds. The number of anilines is 1. The van der Waals surface area contributed by atoms with Crippen molar-refractivity contribution in [1.29, 1.82) is 0 Å². The Morgan fingerprint density at radius 3 is 2.71 bits per heavy atom. The fourth-order valence-electron chi connectivity index (χ4n) is 7.28. The first-order chi connectivity index (χ1) is 18.2. The average molecular weight is 526 g/mol. The van der Waals surface area contributed by atoms with Crippen molar-refractivity contribution in [3.8, 4) is 0 Å². The van der Waals surface area contributed by atoms with Crippen LogP contribution < -0.4 is 10.2 Å². The molecule has 4 aliphatic rings. The third-order valence-electron chi connectivity index (χ3n) is 8.95. The highest BCUT2D eigenvalue weighted by Gasteiger charge is 2.62. The van der Waals surface area contributed by atoms with Crippen molar-refractivity contribution in [2.24, 2.45) is 11.3 Å². The summed E-state index contributed by atoms with van der Waals surface area (Å²) < 4.78 is 27.6. The quantitative estimate of drug-likeness (QED) is 0.365. The Balaban J connectivity index is 1.43. The maximum absolute atomic E-state index is 16.2. The molecule has 9 nitrogen and oxygen atoms in total. The number of imide groups is 1. The van der Waals surface area contributed by atoms with Gasteiger partial charge in [-0.3, -0.25) is 24.5 Å². The number of fused-ring (bicyclic) bond motifs is 5. The van der Waals surface area contributed by atoms with Crippen molar-refractivity contribution < 1.29 is 32.8 Å². The van der Waals surface area contributed by atoms with Gasteiger partial charge in [0.25, 0.3) is 0 Å². The molecule has 6 rings (SSSR count). The van der Waals surface area contributed by atoms with E-state index >= 15 is 4.39 Å². The Morgan fingerprint density at radius 2 is 1.97 bits per heavy atom. The number of aromatic nitrogens is 1. The molecule has 3 aliphatic heterocycles. The maximum atomic E-state index is 16.2. The highest BCUT2D eigenvalue weighted by Crippen LogP contribution is 2.50. The predicted molar refractivity (Wildman–Crippen MR) is 134 cm³/mol. The van der Waals surface area contributed by atoms with E-state index in [9.17, 15) is 19.2 Å². The molecule has 2 saturated heterocycles. The summed E-state index contributed by atoms with van der Waals surface area (Å²) in [4.78, 5) is 53.7. The zero-order chi connectivity index (χ0) is 26.8. The Bertz CT molecular complexity index is 1330. The van der Waals surface area contributed by atoms with Gasteiger partial charge in [0.05, 0.1) is 35.7 Å². The molecular formula is C28H32FN3O6. The Kier molecular flexibility index (Phi) is 6.13. The lowest BCUT2D eigenvalue weighted by Gasteiger charge is -2.55. The largest absolute Gasteiger partial charge is 0.372 e. The fraction of sp³-hybridized carbons (Fsp3) is 0.607. The van der Waals surface area contributed by atoms with Gasteiger partial charge in [0, 0.05) is 13.0 Å². The van der Waals surface area contributed by atoms with Crippen LogP contribution >= 0.6 is 0 Å². The number of morpholine rings is 1. The van der Waals surface area contributed by atoms with Crippen molar-refractivity contribution in [2.75, 3.05) is 11.4 Å². The van der Waals surface area contributed by atoms with Crippen LogP contribution in [0.2, 0.25) is 0 Å². The molecule has 2 aromatic rings. The fourth-order valence-corrected chi connectivity index (χ4v) is 7.28. The minimum absolute atomic E-state index is 0.0759. The molecule has 1 aromatic carbocycles. The lowest BCUT2D eigenvalue weighted by molar-refractivity contribution is -0.158. The number of carbonyl (C=O) groups is 4. The van der Waals surface area contributed by atoms with Crippen molar-refractivity contribution in [3.63, 3.8) is 0 Å². The standard InChI is InChI=1S/C28H32FN3O6/c1-14-13-32-24-17(12-28(26(32)15(2)37-14)20(34)11-21(35)30-27(28)36)10-18-23(31-38-25(18)22(24)29)19(33)9-8-16-6-4-3-5-7-16/h10,14-16,26H,3-9,11-13H2,1-2H3,(H,30,35,36)/t14-,15+,26-,28?/m1/s1. The zero-order valence-corrected chi connectivity index (χ0v) is 21.7. The van der Waals surface area contributed by atoms with E-state index in [1.165, 1.54) is 19.3 Å². The van der Waals surface area contributed by atoms with Gasteiger partial charge in [0.2, 0.25) is 17.4 Å². The van der Waals surface area contributed by atoms with Gasteiger partial charge < -0.3 is 14.2 Å². The summed E-state index contributed by atoms with van der Waals surface area (Å²) in [5, 5.41) is 6.55. The highest BCUT2D eigenvalue weighted by atomic mass is 19.1. The van der Waals surface area contributed by atoms with Gasteiger partial charge in [-0.05, 0) is 44.2 Å². The molecule has 202 valence electrons. The molecule has 3 fully saturated rings. The van der Waals surface area contributed by atoms with Crippen LogP contribution in [0.25, 0.3) is 11.0 Å². The molecule has 1 aromatic heterocycles. The lowest BCUT2D eigenvalue weighted by Crippen LogP contribution is -2.72. The molecule has 0 radical (unpaired) electrons. The van der Waals surface area contributed by atoms with E-state index < -0.39 is 47.4 Å². The molecule has 4 atom stereocenters. The number of hydrogen-bond donors (Lipinski definition) is 1. The first kappa shape index (κ1) is 25.2. The van der Waals surface area contributed by atoms with Crippen LogP contribution in [0.3, 0.4) is 0 Å². The van der Waals surface area contributed by atoms with E-state index in [-0.39, 0.29) is 47.2 Å². The lowest BCUT2D eigenvalue weighted by atomic mass is 9.63. The SMILES string of the molecule is C[C@@H]1CN2c3c(cc4c(C(=O)CCC5CCCCC5)noc4c3F)CC3(C(=O)CC(=O)NC3=O)[C@H]2[C@H](C)O1. The van der Waals surface area contributed by atoms with Gasteiger partial charge in [0.15, 0.2) is 23.1 Å². The monoisotopic (exact) mass is 525 g/mol. The number of piperidine rings is 1. The number of benzene rings is 1. The van der Waals surface area contributed by atoms with Gasteiger partial charge >= 0.3 is 0 Å². The van der Waals surface area contributed by atoms with Crippen molar-refractivity contribution in [3.05, 3.63) is 23.1 Å². The number of amides is 2. The average Bonchev–Trinajstić information content (AvgIpc) is 3.30. The van der Waals surface area contributed by atoms with E-state index in [1.54, 1.807) is 17.9 Å². The van der Waals surface area contributed by atoms with E-state index in [4.69, 9.17) is 9.26 Å². The molecule has 1 N–H and O–H groups in total. The minimum atomic E-state index is -1.62. The summed E-state index contributed by atoms with van der Waals surface area (Å²) in [7, 11) is 0. The normalized spacial score (nSPS) is 29.9. The smallest absolute Gasteiger partial charge is 0.242 e. The highest BCUT2D eigenvalue weighted by molar-refractivity contribution is 6.22. The molecule has 1 unspecified atom stereocenters. The number of carbonyl (C=O) groups excluding carboxylic acids is 4. The molecule has 1 aliphatic carbocycles. The van der Waals surface area contributed by atoms with E-state index in [1.807, 2.05) is 6.92 Å². The van der Waals surface area contributed by atoms with Crippen LogP contribution in [0.1, 0.15) is 81.3 Å². The number of ether oxygens (including phenoxy) is 1. The first-order valence-electron chi connectivity index (χ1n) is 13.6. The van der Waals surface area contributed by atoms with E-state index in [0.29, 0.717) is 17.9 Å². The number of Topliss-reactive ketones (excluding diaryl/α,β-unsaturated/α-hetero) is 2. The topological polar surface area (TPSA) is 119 Å². The molecule has 1 saturated carbocycles. The molecule has 1 spiro atoms. The van der Waals surface area contributed by atoms with E-state index in [2.05, 4.69) is 10.5 Å². The predicted octanol–water partition coefficient (Wildman–Crippen LogP) is 3.65. The Hall–Kier alpha value is -3.14. The van der Waals surface area contributed by atoms with Crippen LogP contribution in [0.5, 0.6) is 0 Å². The number of hydrogen-bond acceptors (Lipinski definition) is 8. The van der Waals surface area contributed by atoms with Crippen molar-refractivity contribution >= 4 is 40.0 Å². The zero-order valence-electron chi connectivity index (χ0n) is 21.7. The summed E-state index contributed by atoms with van der Waals surface area (Å²) in [5.41, 5.74) is -1.02. The molecular weight excluding hydrogens is 493 g/mol. The molecule has 10 heteroatoms. The first-order valence-corrected chi connectivity index (χ1v) is 13.6. The van der Waals surface area contributed by atoms with Crippen molar-refractivity contribution in [2.45, 2.75) is 89.9 Å². The summed E-state index contributed by atoms with van der Waals surface area (Å²) in [6.07, 6.45) is 5.47. The number of nitrogens with zero attached hydrogens (tertiary/aromatic N) is 2. The van der Waals surface area contributed by atoms with Crippen LogP contribution in [0, 0.1) is 17.2 Å². The summed E-state index contributed by atoms with van der Waals surface area (Å²) in [6, 6.07) is 0.830. The second-order valence-electron chi connectivity index (χ2n) is 11.4. The summed E-state index contributed by atoms with van der Waals surface area (Å²) >= 11 is 0. The van der Waals surface area contributed by atoms with E-state index in [0.717, 1.165) is 19.3 Å². The molecule has 0 bridgehead atoms.